The fourth-order valence-corrected chi connectivity index (χ4v) is 4.26. The lowest BCUT2D eigenvalue weighted by Gasteiger charge is -2.11. The summed E-state index contributed by atoms with van der Waals surface area (Å²) in [6, 6.07) is 10.7. The number of carbonyl (C=O) groups excluding carboxylic acids is 1. The van der Waals surface area contributed by atoms with E-state index in [1.54, 1.807) is 30.6 Å². The first-order valence-electron chi connectivity index (χ1n) is 11.9. The Morgan fingerprint density at radius 2 is 1.60 bits per heavy atom. The molecule has 0 atom stereocenters. The number of aryl methyl sites for hydroxylation is 1. The number of hydrogen-bond acceptors (Lipinski definition) is 5. The SMILES string of the molecule is Cc1ncnc2c(OCCCCCCCCCC(=O)Nc3ccccc3NC(=O)O)cc(Br)cc12. The zero-order chi connectivity index (χ0) is 25.0. The highest BCUT2D eigenvalue weighted by atomic mass is 79.9. The van der Waals surface area contributed by atoms with E-state index in [2.05, 4.69) is 36.5 Å². The number of para-hydroxylation sites is 2. The van der Waals surface area contributed by atoms with Gasteiger partial charge >= 0.3 is 6.09 Å². The lowest BCUT2D eigenvalue weighted by Crippen LogP contribution is -2.15. The number of unbranched alkanes of at least 4 members (excludes halogenated alkanes) is 6. The molecule has 9 heteroatoms. The molecule has 186 valence electrons. The van der Waals surface area contributed by atoms with Crippen LogP contribution in [0.4, 0.5) is 16.2 Å². The number of nitrogens with one attached hydrogen (secondary N) is 2. The van der Waals surface area contributed by atoms with Gasteiger partial charge in [0.2, 0.25) is 5.91 Å². The zero-order valence-electron chi connectivity index (χ0n) is 19.8. The van der Waals surface area contributed by atoms with Crippen molar-refractivity contribution >= 4 is 50.2 Å². The molecule has 0 bridgehead atoms. The van der Waals surface area contributed by atoms with Crippen molar-refractivity contribution in [1.29, 1.82) is 0 Å². The first kappa shape index (κ1) is 26.4. The van der Waals surface area contributed by atoms with Gasteiger partial charge in [0.15, 0.2) is 0 Å². The monoisotopic (exact) mass is 542 g/mol. The summed E-state index contributed by atoms with van der Waals surface area (Å²) in [5.74, 6) is 0.668. The van der Waals surface area contributed by atoms with Crippen molar-refractivity contribution in [3.8, 4) is 5.75 Å². The van der Waals surface area contributed by atoms with Gasteiger partial charge in [-0.15, -0.1) is 0 Å². The van der Waals surface area contributed by atoms with Gasteiger partial charge in [-0.05, 0) is 44.0 Å². The van der Waals surface area contributed by atoms with Gasteiger partial charge < -0.3 is 15.2 Å². The van der Waals surface area contributed by atoms with Gasteiger partial charge in [0.25, 0.3) is 0 Å². The average molecular weight is 543 g/mol. The van der Waals surface area contributed by atoms with Crippen LogP contribution in [0.2, 0.25) is 0 Å². The van der Waals surface area contributed by atoms with Crippen LogP contribution in [0, 0.1) is 6.92 Å². The fraction of sp³-hybridized carbons (Fsp3) is 0.385. The molecule has 3 N–H and O–H groups in total. The summed E-state index contributed by atoms with van der Waals surface area (Å²) in [7, 11) is 0. The Balaban J connectivity index is 1.26. The molecule has 0 aliphatic rings. The molecule has 2 amide bonds. The molecule has 35 heavy (non-hydrogen) atoms. The highest BCUT2D eigenvalue weighted by Crippen LogP contribution is 2.30. The van der Waals surface area contributed by atoms with Crippen molar-refractivity contribution in [2.45, 2.75) is 58.3 Å². The Kier molecular flexibility index (Phi) is 10.3. The van der Waals surface area contributed by atoms with Gasteiger partial charge in [-0.3, -0.25) is 10.1 Å². The minimum absolute atomic E-state index is 0.109. The molecule has 0 saturated carbocycles. The van der Waals surface area contributed by atoms with Crippen molar-refractivity contribution in [3.05, 3.63) is 52.9 Å². The first-order valence-corrected chi connectivity index (χ1v) is 12.7. The lowest BCUT2D eigenvalue weighted by atomic mass is 10.1. The third kappa shape index (κ3) is 8.51. The van der Waals surface area contributed by atoms with Crippen LogP contribution in [0.15, 0.2) is 47.2 Å². The summed E-state index contributed by atoms with van der Waals surface area (Å²) in [4.78, 5) is 31.7. The van der Waals surface area contributed by atoms with Crippen LogP contribution in [0.1, 0.15) is 57.1 Å². The van der Waals surface area contributed by atoms with Gasteiger partial charge in [-0.25, -0.2) is 14.8 Å². The second kappa shape index (κ2) is 13.6. The van der Waals surface area contributed by atoms with E-state index in [-0.39, 0.29) is 5.91 Å². The van der Waals surface area contributed by atoms with E-state index >= 15 is 0 Å². The quantitative estimate of drug-likeness (QED) is 0.202. The molecule has 1 heterocycles. The number of hydrogen-bond donors (Lipinski definition) is 3. The number of nitrogens with zero attached hydrogens (tertiary/aromatic N) is 2. The molecule has 0 unspecified atom stereocenters. The Morgan fingerprint density at radius 1 is 0.943 bits per heavy atom. The topological polar surface area (TPSA) is 113 Å². The third-order valence-corrected chi connectivity index (χ3v) is 6.07. The largest absolute Gasteiger partial charge is 0.491 e. The van der Waals surface area contributed by atoms with Gasteiger partial charge in [0, 0.05) is 22.0 Å². The Labute approximate surface area is 213 Å². The van der Waals surface area contributed by atoms with Crippen LogP contribution in [0.3, 0.4) is 0 Å². The summed E-state index contributed by atoms with van der Waals surface area (Å²) in [6.07, 6.45) is 8.02. The van der Waals surface area contributed by atoms with E-state index in [4.69, 9.17) is 9.84 Å². The maximum absolute atomic E-state index is 12.2. The molecule has 0 aliphatic heterocycles. The van der Waals surface area contributed by atoms with Crippen molar-refractivity contribution in [1.82, 2.24) is 9.97 Å². The molecule has 3 aromatic rings. The summed E-state index contributed by atoms with van der Waals surface area (Å²) in [5, 5.41) is 15.0. The number of rotatable bonds is 13. The fourth-order valence-electron chi connectivity index (χ4n) is 3.82. The second-order valence-electron chi connectivity index (χ2n) is 8.36. The predicted octanol–water partition coefficient (Wildman–Crippen LogP) is 6.93. The summed E-state index contributed by atoms with van der Waals surface area (Å²) in [5.41, 5.74) is 2.61. The van der Waals surface area contributed by atoms with Gasteiger partial charge in [-0.1, -0.05) is 60.2 Å². The molecule has 0 aliphatic carbocycles. The number of amides is 2. The van der Waals surface area contributed by atoms with E-state index in [9.17, 15) is 9.59 Å². The van der Waals surface area contributed by atoms with Crippen LogP contribution in [-0.2, 0) is 4.79 Å². The number of benzene rings is 2. The minimum atomic E-state index is -1.16. The van der Waals surface area contributed by atoms with E-state index in [0.29, 0.717) is 24.4 Å². The van der Waals surface area contributed by atoms with Crippen LogP contribution in [-0.4, -0.2) is 33.7 Å². The molecule has 0 radical (unpaired) electrons. The minimum Gasteiger partial charge on any atom is -0.491 e. The van der Waals surface area contributed by atoms with Crippen LogP contribution in [0.25, 0.3) is 10.9 Å². The van der Waals surface area contributed by atoms with Gasteiger partial charge in [0.1, 0.15) is 17.6 Å². The van der Waals surface area contributed by atoms with E-state index < -0.39 is 6.09 Å². The number of fused-ring (bicyclic) bond motifs is 1. The van der Waals surface area contributed by atoms with E-state index in [0.717, 1.165) is 71.8 Å². The Hall–Kier alpha value is -3.20. The highest BCUT2D eigenvalue weighted by Gasteiger charge is 2.09. The van der Waals surface area contributed by atoms with Crippen LogP contribution in [0.5, 0.6) is 5.75 Å². The maximum Gasteiger partial charge on any atom is 0.409 e. The van der Waals surface area contributed by atoms with Crippen molar-refractivity contribution in [2.24, 2.45) is 0 Å². The second-order valence-corrected chi connectivity index (χ2v) is 9.27. The number of carboxylic acid groups (broad SMARTS) is 1. The molecular weight excluding hydrogens is 512 g/mol. The smallest absolute Gasteiger partial charge is 0.409 e. The molecule has 8 nitrogen and oxygen atoms in total. The number of carbonyl (C=O) groups is 2. The molecule has 3 rings (SSSR count). The molecule has 0 fully saturated rings. The average Bonchev–Trinajstić information content (AvgIpc) is 2.82. The summed E-state index contributed by atoms with van der Waals surface area (Å²) >= 11 is 3.53. The van der Waals surface area contributed by atoms with Crippen molar-refractivity contribution in [3.63, 3.8) is 0 Å². The molecule has 0 spiro atoms. The van der Waals surface area contributed by atoms with Gasteiger partial charge in [0.05, 0.1) is 18.0 Å². The standard InChI is InChI=1S/C26H31BrN4O4/c1-18-20-15-19(27)16-23(25(20)29-17-28-18)35-14-10-6-4-2-3-5-7-13-24(32)30-21-11-8-9-12-22(21)31-26(33)34/h8-9,11-12,15-17,31H,2-7,10,13-14H2,1H3,(H,30,32)(H,33,34). The number of aromatic nitrogens is 2. The van der Waals surface area contributed by atoms with Crippen molar-refractivity contribution in [2.75, 3.05) is 17.2 Å². The normalized spacial score (nSPS) is 10.8. The van der Waals surface area contributed by atoms with Crippen LogP contribution >= 0.6 is 15.9 Å². The number of ether oxygens (including phenoxy) is 1. The molecule has 2 aromatic carbocycles. The predicted molar refractivity (Wildman–Crippen MR) is 141 cm³/mol. The highest BCUT2D eigenvalue weighted by molar-refractivity contribution is 9.10. The molecular formula is C26H31BrN4O4. The first-order chi connectivity index (χ1) is 16.9. The number of anilines is 2. The van der Waals surface area contributed by atoms with E-state index in [1.807, 2.05) is 19.1 Å². The van der Waals surface area contributed by atoms with Crippen molar-refractivity contribution < 1.29 is 19.4 Å². The lowest BCUT2D eigenvalue weighted by molar-refractivity contribution is -0.116. The summed E-state index contributed by atoms with van der Waals surface area (Å²) < 4.78 is 6.95. The maximum atomic E-state index is 12.2. The van der Waals surface area contributed by atoms with Crippen LogP contribution < -0.4 is 15.4 Å². The summed E-state index contributed by atoms with van der Waals surface area (Å²) in [6.45, 7) is 2.61. The molecule has 0 saturated heterocycles. The van der Waals surface area contributed by atoms with Gasteiger partial charge in [-0.2, -0.15) is 0 Å². The third-order valence-electron chi connectivity index (χ3n) is 5.62. The Bertz CT molecular complexity index is 1160. The zero-order valence-corrected chi connectivity index (χ0v) is 21.4. The molecule has 1 aromatic heterocycles. The Morgan fingerprint density at radius 3 is 2.31 bits per heavy atom. The number of halogens is 1. The van der Waals surface area contributed by atoms with E-state index in [1.165, 1.54) is 0 Å².